The Labute approximate surface area is 120 Å². The summed E-state index contributed by atoms with van der Waals surface area (Å²) >= 11 is 0. The van der Waals surface area contributed by atoms with Crippen LogP contribution in [-0.4, -0.2) is 62.3 Å². The van der Waals surface area contributed by atoms with Crippen molar-refractivity contribution < 1.29 is 19.1 Å². The fourth-order valence-corrected chi connectivity index (χ4v) is 2.35. The molecule has 2 unspecified atom stereocenters. The minimum atomic E-state index is -0.375. The second-order valence-corrected chi connectivity index (χ2v) is 4.88. The van der Waals surface area contributed by atoms with Crippen molar-refractivity contribution in [3.05, 3.63) is 0 Å². The summed E-state index contributed by atoms with van der Waals surface area (Å²) in [6, 6.07) is -0.719. The number of nitrogens with one attached hydrogen (secondary N) is 1. The van der Waals surface area contributed by atoms with Gasteiger partial charge in [0.15, 0.2) is 0 Å². The molecule has 1 rings (SSSR count). The molecule has 1 N–H and O–H groups in total. The minimum Gasteiger partial charge on any atom is -0.382 e. The molecule has 0 spiro atoms. The molecule has 0 radical (unpaired) electrons. The molecule has 2 amide bonds. The van der Waals surface area contributed by atoms with Gasteiger partial charge in [0.2, 0.25) is 11.8 Å². The van der Waals surface area contributed by atoms with Crippen molar-refractivity contribution in [1.82, 2.24) is 10.2 Å². The standard InChI is InChI=1S/C14H26N2O4/c1-4-11-14(18)16(12(5-2)13(17)15-11)7-6-8-20-10-9-19-3/h11-12H,4-10H2,1-3H3,(H,15,17). The molecule has 0 saturated carbocycles. The van der Waals surface area contributed by atoms with Crippen LogP contribution in [0, 0.1) is 0 Å². The molecule has 0 aromatic carbocycles. The Morgan fingerprint density at radius 3 is 2.50 bits per heavy atom. The highest BCUT2D eigenvalue weighted by Gasteiger charge is 2.38. The molecule has 1 fully saturated rings. The molecule has 20 heavy (non-hydrogen) atoms. The van der Waals surface area contributed by atoms with Gasteiger partial charge >= 0.3 is 0 Å². The van der Waals surface area contributed by atoms with E-state index in [1.165, 1.54) is 0 Å². The molecular formula is C14H26N2O4. The number of hydrogen-bond acceptors (Lipinski definition) is 4. The topological polar surface area (TPSA) is 67.9 Å². The Morgan fingerprint density at radius 2 is 1.90 bits per heavy atom. The van der Waals surface area contributed by atoms with E-state index in [2.05, 4.69) is 5.32 Å². The number of carbonyl (C=O) groups is 2. The summed E-state index contributed by atoms with van der Waals surface area (Å²) in [6.45, 7) is 6.09. The summed E-state index contributed by atoms with van der Waals surface area (Å²) in [5, 5.41) is 2.79. The number of carbonyl (C=O) groups excluding carboxylic acids is 2. The van der Waals surface area contributed by atoms with E-state index in [4.69, 9.17) is 9.47 Å². The number of rotatable bonds is 9. The predicted octanol–water partition coefficient (Wildman–Crippen LogP) is 0.555. The molecule has 2 atom stereocenters. The predicted molar refractivity (Wildman–Crippen MR) is 75.3 cm³/mol. The van der Waals surface area contributed by atoms with Gasteiger partial charge in [-0.25, -0.2) is 0 Å². The third-order valence-corrected chi connectivity index (χ3v) is 3.49. The maximum atomic E-state index is 12.3. The summed E-state index contributed by atoms with van der Waals surface area (Å²) in [5.74, 6) is -0.0184. The van der Waals surface area contributed by atoms with Gasteiger partial charge in [-0.15, -0.1) is 0 Å². The number of piperazine rings is 1. The Balaban J connectivity index is 2.45. The highest BCUT2D eigenvalue weighted by molar-refractivity contribution is 5.96. The quantitative estimate of drug-likeness (QED) is 0.629. The molecule has 0 aliphatic carbocycles. The first-order chi connectivity index (χ1) is 9.65. The van der Waals surface area contributed by atoms with E-state index in [1.54, 1.807) is 12.0 Å². The molecular weight excluding hydrogens is 260 g/mol. The highest BCUT2D eigenvalue weighted by atomic mass is 16.5. The van der Waals surface area contributed by atoms with E-state index in [0.717, 1.165) is 6.42 Å². The van der Waals surface area contributed by atoms with Gasteiger partial charge in [0, 0.05) is 20.3 Å². The Hall–Kier alpha value is -1.14. The van der Waals surface area contributed by atoms with Crippen molar-refractivity contribution in [3.63, 3.8) is 0 Å². The van der Waals surface area contributed by atoms with Crippen LogP contribution in [0.3, 0.4) is 0 Å². The second kappa shape index (κ2) is 8.92. The molecule has 1 aliphatic rings. The summed E-state index contributed by atoms with van der Waals surface area (Å²) < 4.78 is 10.3. The highest BCUT2D eigenvalue weighted by Crippen LogP contribution is 2.15. The molecule has 0 aromatic heterocycles. The van der Waals surface area contributed by atoms with E-state index in [9.17, 15) is 9.59 Å². The third-order valence-electron chi connectivity index (χ3n) is 3.49. The fraction of sp³-hybridized carbons (Fsp3) is 0.857. The lowest BCUT2D eigenvalue weighted by molar-refractivity contribution is -0.149. The maximum absolute atomic E-state index is 12.3. The summed E-state index contributed by atoms with van der Waals surface area (Å²) in [5.41, 5.74) is 0. The number of nitrogens with zero attached hydrogens (tertiary/aromatic N) is 1. The molecule has 1 saturated heterocycles. The molecule has 6 nitrogen and oxygen atoms in total. The van der Waals surface area contributed by atoms with Crippen LogP contribution in [0.15, 0.2) is 0 Å². The molecule has 1 aliphatic heterocycles. The van der Waals surface area contributed by atoms with Crippen molar-refractivity contribution in [3.8, 4) is 0 Å². The molecule has 1 heterocycles. The van der Waals surface area contributed by atoms with Crippen LogP contribution in [0.25, 0.3) is 0 Å². The number of amides is 2. The van der Waals surface area contributed by atoms with Crippen LogP contribution >= 0.6 is 0 Å². The molecule has 116 valence electrons. The number of hydrogen-bond donors (Lipinski definition) is 1. The van der Waals surface area contributed by atoms with E-state index in [-0.39, 0.29) is 23.9 Å². The van der Waals surface area contributed by atoms with Crippen LogP contribution in [0.4, 0.5) is 0 Å². The van der Waals surface area contributed by atoms with Crippen molar-refractivity contribution in [1.29, 1.82) is 0 Å². The third kappa shape index (κ3) is 4.45. The zero-order valence-corrected chi connectivity index (χ0v) is 12.7. The van der Waals surface area contributed by atoms with Crippen molar-refractivity contribution >= 4 is 11.8 Å². The van der Waals surface area contributed by atoms with Gasteiger partial charge < -0.3 is 19.7 Å². The Bertz CT molecular complexity index is 322. The average molecular weight is 286 g/mol. The van der Waals surface area contributed by atoms with E-state index in [1.807, 2.05) is 13.8 Å². The maximum Gasteiger partial charge on any atom is 0.245 e. The van der Waals surface area contributed by atoms with Crippen LogP contribution in [-0.2, 0) is 19.1 Å². The van der Waals surface area contributed by atoms with E-state index >= 15 is 0 Å². The van der Waals surface area contributed by atoms with E-state index in [0.29, 0.717) is 39.2 Å². The monoisotopic (exact) mass is 286 g/mol. The Kier molecular flexibility index (Phi) is 7.54. The van der Waals surface area contributed by atoms with Crippen molar-refractivity contribution in [2.24, 2.45) is 0 Å². The zero-order valence-electron chi connectivity index (χ0n) is 12.7. The molecule has 0 aromatic rings. The van der Waals surface area contributed by atoms with Crippen molar-refractivity contribution in [2.45, 2.75) is 45.2 Å². The normalized spacial score (nSPS) is 23.1. The minimum absolute atomic E-state index is 0.0239. The first-order valence-corrected chi connectivity index (χ1v) is 7.33. The fourth-order valence-electron chi connectivity index (χ4n) is 2.35. The SMILES string of the molecule is CCC1NC(=O)C(CC)N(CCCOCCOC)C1=O. The first-order valence-electron chi connectivity index (χ1n) is 7.33. The number of methoxy groups -OCH3 is 1. The lowest BCUT2D eigenvalue weighted by Crippen LogP contribution is -2.63. The van der Waals surface area contributed by atoms with Gasteiger partial charge in [0.25, 0.3) is 0 Å². The van der Waals surface area contributed by atoms with Gasteiger partial charge in [0.05, 0.1) is 13.2 Å². The van der Waals surface area contributed by atoms with Crippen LogP contribution in [0.1, 0.15) is 33.1 Å². The lowest BCUT2D eigenvalue weighted by atomic mass is 10.0. The first kappa shape index (κ1) is 16.9. The van der Waals surface area contributed by atoms with Gasteiger partial charge in [-0.1, -0.05) is 13.8 Å². The largest absolute Gasteiger partial charge is 0.382 e. The summed E-state index contributed by atoms with van der Waals surface area (Å²) in [4.78, 5) is 26.0. The van der Waals surface area contributed by atoms with Crippen LogP contribution < -0.4 is 5.32 Å². The van der Waals surface area contributed by atoms with Gasteiger partial charge in [-0.2, -0.15) is 0 Å². The van der Waals surface area contributed by atoms with Crippen molar-refractivity contribution in [2.75, 3.05) is 33.5 Å². The second-order valence-electron chi connectivity index (χ2n) is 4.88. The van der Waals surface area contributed by atoms with Gasteiger partial charge in [-0.3, -0.25) is 9.59 Å². The van der Waals surface area contributed by atoms with Crippen LogP contribution in [0.5, 0.6) is 0 Å². The summed E-state index contributed by atoms with van der Waals surface area (Å²) in [7, 11) is 1.63. The smallest absolute Gasteiger partial charge is 0.245 e. The zero-order chi connectivity index (χ0) is 15.0. The number of ether oxygens (including phenoxy) is 2. The average Bonchev–Trinajstić information content (AvgIpc) is 2.45. The summed E-state index contributed by atoms with van der Waals surface area (Å²) in [6.07, 6.45) is 2.00. The van der Waals surface area contributed by atoms with Gasteiger partial charge in [-0.05, 0) is 19.3 Å². The van der Waals surface area contributed by atoms with Gasteiger partial charge in [0.1, 0.15) is 12.1 Å². The lowest BCUT2D eigenvalue weighted by Gasteiger charge is -2.38. The Morgan fingerprint density at radius 1 is 1.15 bits per heavy atom. The van der Waals surface area contributed by atoms with E-state index < -0.39 is 0 Å². The molecule has 0 bridgehead atoms. The molecule has 6 heteroatoms. The van der Waals surface area contributed by atoms with Crippen LogP contribution in [0.2, 0.25) is 0 Å².